The van der Waals surface area contributed by atoms with Gasteiger partial charge in [0.2, 0.25) is 0 Å². The second-order valence-electron chi connectivity index (χ2n) is 1.48. The van der Waals surface area contributed by atoms with Gasteiger partial charge in [0.25, 0.3) is 0 Å². The molecule has 6 heavy (non-hydrogen) atoms. The summed E-state index contributed by atoms with van der Waals surface area (Å²) in [7, 11) is 0. The van der Waals surface area contributed by atoms with Crippen molar-refractivity contribution in [1.82, 2.24) is 0 Å². The van der Waals surface area contributed by atoms with Gasteiger partial charge in [-0.25, -0.2) is 0 Å². The minimum atomic E-state index is 1.23. The Morgan fingerprint density at radius 3 is 2.67 bits per heavy atom. The summed E-state index contributed by atoms with van der Waals surface area (Å²) >= 11 is 0. The smallest absolute Gasteiger partial charge is 0.00947 e. The Labute approximate surface area is 38.2 Å². The quantitative estimate of drug-likeness (QED) is 0.451. The Bertz CT molecular complexity index is 96.6. The van der Waals surface area contributed by atoms with Gasteiger partial charge in [-0.2, -0.15) is 0 Å². The van der Waals surface area contributed by atoms with Crippen molar-refractivity contribution in [3.8, 4) is 0 Å². The summed E-state index contributed by atoms with van der Waals surface area (Å²) in [6.07, 6.45) is 7.64. The van der Waals surface area contributed by atoms with E-state index in [1.165, 1.54) is 12.0 Å². The fraction of sp³-hybridized carbons (Fsp3) is 0.333. The van der Waals surface area contributed by atoms with Crippen LogP contribution >= 0.6 is 0 Å². The van der Waals surface area contributed by atoms with Crippen molar-refractivity contribution < 1.29 is 0 Å². The first-order valence-corrected chi connectivity index (χ1v) is 2.25. The Hall–Kier alpha value is -0.520. The van der Waals surface area contributed by atoms with Gasteiger partial charge in [0, 0.05) is 0 Å². The van der Waals surface area contributed by atoms with E-state index in [4.69, 9.17) is 0 Å². The molecule has 0 atom stereocenters. The van der Waals surface area contributed by atoms with Crippen molar-refractivity contribution in [3.05, 3.63) is 23.8 Å². The maximum absolute atomic E-state index is 2.21. The normalized spacial score (nSPS) is 18.5. The molecular weight excluding hydrogens is 72.1 g/mol. The van der Waals surface area contributed by atoms with Gasteiger partial charge in [0.15, 0.2) is 0 Å². The number of hydrogen-bond acceptors (Lipinski definition) is 0. The van der Waals surface area contributed by atoms with Crippen LogP contribution in [0.25, 0.3) is 0 Å². The second-order valence-corrected chi connectivity index (χ2v) is 1.48. The molecule has 0 spiro atoms. The molecule has 0 aromatic rings. The molecule has 0 nitrogen and oxygen atoms in total. The van der Waals surface area contributed by atoms with Gasteiger partial charge in [-0.3, -0.25) is 0 Å². The third kappa shape index (κ3) is 0.713. The Morgan fingerprint density at radius 2 is 2.50 bits per heavy atom. The molecule has 0 saturated carbocycles. The highest BCUT2D eigenvalue weighted by molar-refractivity contribution is 5.33. The summed E-state index contributed by atoms with van der Waals surface area (Å²) in [5.41, 5.74) is 1.48. The summed E-state index contributed by atoms with van der Waals surface area (Å²) in [4.78, 5) is 0. The molecule has 0 bridgehead atoms. The lowest BCUT2D eigenvalue weighted by Gasteiger charge is -1.64. The number of hydrogen-bond donors (Lipinski definition) is 0. The average molecular weight is 80.1 g/mol. The minimum Gasteiger partial charge on any atom is -0.0874 e. The third-order valence-electron chi connectivity index (χ3n) is 0.821. The molecule has 0 aromatic carbocycles. The molecule has 1 aliphatic carbocycles. The zero-order valence-corrected chi connectivity index (χ0v) is 3.94. The molecule has 0 aliphatic heterocycles. The molecule has 0 N–H and O–H groups in total. The van der Waals surface area contributed by atoms with E-state index in [9.17, 15) is 0 Å². The van der Waals surface area contributed by atoms with Gasteiger partial charge in [-0.05, 0) is 18.9 Å². The lowest BCUT2D eigenvalue weighted by Crippen LogP contribution is -1.43. The van der Waals surface area contributed by atoms with E-state index in [1.807, 2.05) is 6.92 Å². The first kappa shape index (κ1) is 3.66. The fourth-order valence-corrected chi connectivity index (χ4v) is 0.409. The fourth-order valence-electron chi connectivity index (χ4n) is 0.409. The van der Waals surface area contributed by atoms with Crippen LogP contribution in [-0.2, 0) is 0 Å². The van der Waals surface area contributed by atoms with Gasteiger partial charge < -0.3 is 0 Å². The molecule has 1 rings (SSSR count). The highest BCUT2D eigenvalue weighted by Gasteiger charge is 1.98. The first-order chi connectivity index (χ1) is 2.93. The molecule has 1 aliphatic rings. The van der Waals surface area contributed by atoms with Crippen molar-refractivity contribution in [2.75, 3.05) is 0 Å². The highest BCUT2D eigenvalue weighted by Crippen LogP contribution is 2.18. The monoisotopic (exact) mass is 80.1 g/mol. The van der Waals surface area contributed by atoms with E-state index in [0.29, 0.717) is 0 Å². The molecule has 0 heterocycles. The van der Waals surface area contributed by atoms with Crippen molar-refractivity contribution in [2.45, 2.75) is 13.3 Å². The second kappa shape index (κ2) is 1.29. The molecule has 0 aromatic heterocycles. The van der Waals surface area contributed by atoms with Crippen LogP contribution in [0.1, 0.15) is 13.3 Å². The van der Waals surface area contributed by atoms with E-state index in [-0.39, 0.29) is 0 Å². The Balaban J connectivity index is 2.34. The lowest BCUT2D eigenvalue weighted by atomic mass is 10.4. The SMILES string of the molecule is CC=CC1=CC1. The summed E-state index contributed by atoms with van der Waals surface area (Å²) in [6.45, 7) is 2.04. The highest BCUT2D eigenvalue weighted by atomic mass is 14.0. The third-order valence-corrected chi connectivity index (χ3v) is 0.821. The molecule has 0 heteroatoms. The van der Waals surface area contributed by atoms with Crippen molar-refractivity contribution in [2.24, 2.45) is 0 Å². The molecule has 0 saturated heterocycles. The van der Waals surface area contributed by atoms with Crippen LogP contribution < -0.4 is 0 Å². The zero-order valence-electron chi connectivity index (χ0n) is 3.94. The van der Waals surface area contributed by atoms with Crippen LogP contribution in [0.3, 0.4) is 0 Å². The molecule has 32 valence electrons. The predicted octanol–water partition coefficient (Wildman–Crippen LogP) is 1.89. The van der Waals surface area contributed by atoms with E-state index in [2.05, 4.69) is 18.2 Å². The molecule has 0 amide bonds. The van der Waals surface area contributed by atoms with E-state index in [0.717, 1.165) is 0 Å². The van der Waals surface area contributed by atoms with Gasteiger partial charge >= 0.3 is 0 Å². The summed E-state index contributed by atoms with van der Waals surface area (Å²) in [5, 5.41) is 0. The van der Waals surface area contributed by atoms with Crippen molar-refractivity contribution in [1.29, 1.82) is 0 Å². The van der Waals surface area contributed by atoms with Crippen LogP contribution in [0.4, 0.5) is 0 Å². The average Bonchev–Trinajstić information content (AvgIpc) is 2.21. The van der Waals surface area contributed by atoms with Crippen LogP contribution in [-0.4, -0.2) is 0 Å². The van der Waals surface area contributed by atoms with Crippen LogP contribution in [0.2, 0.25) is 0 Å². The minimum absolute atomic E-state index is 1.23. The molecular formula is C6H8. The van der Waals surface area contributed by atoms with Gasteiger partial charge in [0.1, 0.15) is 0 Å². The van der Waals surface area contributed by atoms with E-state index < -0.39 is 0 Å². The van der Waals surface area contributed by atoms with E-state index >= 15 is 0 Å². The van der Waals surface area contributed by atoms with Crippen LogP contribution in [0.5, 0.6) is 0 Å². The zero-order chi connectivity index (χ0) is 4.41. The van der Waals surface area contributed by atoms with Crippen molar-refractivity contribution >= 4 is 0 Å². The topological polar surface area (TPSA) is 0 Å². The van der Waals surface area contributed by atoms with Gasteiger partial charge in [-0.1, -0.05) is 18.2 Å². The maximum atomic E-state index is 2.21. The molecule has 0 fully saturated rings. The predicted molar refractivity (Wildman–Crippen MR) is 27.5 cm³/mol. The summed E-state index contributed by atoms with van der Waals surface area (Å²) in [6, 6.07) is 0. The van der Waals surface area contributed by atoms with Crippen molar-refractivity contribution in [3.63, 3.8) is 0 Å². The maximum Gasteiger partial charge on any atom is -0.00947 e. The Morgan fingerprint density at radius 1 is 1.83 bits per heavy atom. The molecule has 0 unspecified atom stereocenters. The van der Waals surface area contributed by atoms with E-state index in [1.54, 1.807) is 0 Å². The van der Waals surface area contributed by atoms with Gasteiger partial charge in [0.05, 0.1) is 0 Å². The first-order valence-electron chi connectivity index (χ1n) is 2.25. The number of rotatable bonds is 1. The van der Waals surface area contributed by atoms with Crippen LogP contribution in [0, 0.1) is 0 Å². The number of allylic oxidation sites excluding steroid dienone is 4. The summed E-state index contributed by atoms with van der Waals surface area (Å²) in [5.74, 6) is 0. The standard InChI is InChI=1S/C6H8/c1-2-3-6-4-5-6/h2-4H,5H2,1H3. The van der Waals surface area contributed by atoms with Gasteiger partial charge in [-0.15, -0.1) is 0 Å². The Kier molecular flexibility index (Phi) is 0.789. The summed E-state index contributed by atoms with van der Waals surface area (Å²) < 4.78 is 0. The molecule has 0 radical (unpaired) electrons. The lowest BCUT2D eigenvalue weighted by molar-refractivity contribution is 1.57. The van der Waals surface area contributed by atoms with Crippen LogP contribution in [0.15, 0.2) is 23.8 Å². The largest absolute Gasteiger partial charge is 0.0874 e.